The zero-order valence-corrected chi connectivity index (χ0v) is 17.4. The summed E-state index contributed by atoms with van der Waals surface area (Å²) in [6.07, 6.45) is 2.35. The fourth-order valence-electron chi connectivity index (χ4n) is 3.19. The molecule has 1 aliphatic rings. The zero-order chi connectivity index (χ0) is 20.9. The van der Waals surface area contributed by atoms with Crippen molar-refractivity contribution in [1.29, 1.82) is 0 Å². The van der Waals surface area contributed by atoms with E-state index in [0.717, 1.165) is 24.8 Å². The van der Waals surface area contributed by atoms with Gasteiger partial charge < -0.3 is 14.8 Å². The summed E-state index contributed by atoms with van der Waals surface area (Å²) in [6.45, 7) is 1.19. The second kappa shape index (κ2) is 8.84. The van der Waals surface area contributed by atoms with Crippen LogP contribution in [0.2, 0.25) is 0 Å². The van der Waals surface area contributed by atoms with Crippen LogP contribution in [-0.4, -0.2) is 41.7 Å². The van der Waals surface area contributed by atoms with Crippen LogP contribution in [0, 0.1) is 0 Å². The molecule has 0 bridgehead atoms. The first-order valence-electron chi connectivity index (χ1n) is 9.46. The van der Waals surface area contributed by atoms with Crippen molar-refractivity contribution in [2.75, 3.05) is 32.1 Å². The minimum absolute atomic E-state index is 0.0140. The van der Waals surface area contributed by atoms with E-state index in [4.69, 9.17) is 9.47 Å². The predicted octanol–water partition coefficient (Wildman–Crippen LogP) is 2.68. The van der Waals surface area contributed by atoms with E-state index in [9.17, 15) is 13.2 Å². The van der Waals surface area contributed by atoms with Crippen molar-refractivity contribution in [3.8, 4) is 5.75 Å². The van der Waals surface area contributed by atoms with Crippen LogP contribution in [0.1, 0.15) is 24.8 Å². The van der Waals surface area contributed by atoms with E-state index in [1.165, 1.54) is 19.2 Å². The number of benzene rings is 2. The van der Waals surface area contributed by atoms with E-state index >= 15 is 0 Å². The van der Waals surface area contributed by atoms with Crippen molar-refractivity contribution in [2.24, 2.45) is 0 Å². The number of amides is 1. The van der Waals surface area contributed by atoms with E-state index in [1.807, 2.05) is 12.1 Å². The van der Waals surface area contributed by atoms with Gasteiger partial charge in [0.05, 0.1) is 17.4 Å². The summed E-state index contributed by atoms with van der Waals surface area (Å²) >= 11 is 0. The van der Waals surface area contributed by atoms with Gasteiger partial charge in [-0.1, -0.05) is 12.1 Å². The van der Waals surface area contributed by atoms with E-state index in [1.54, 1.807) is 31.4 Å². The lowest BCUT2D eigenvalue weighted by atomic mass is 9.95. The molecule has 1 amide bonds. The highest BCUT2D eigenvalue weighted by atomic mass is 32.2. The van der Waals surface area contributed by atoms with Gasteiger partial charge in [0.25, 0.3) is 10.0 Å². The van der Waals surface area contributed by atoms with Gasteiger partial charge in [0.1, 0.15) is 5.75 Å². The number of carbonyl (C=O) groups is 1. The molecule has 8 heteroatoms. The zero-order valence-electron chi connectivity index (χ0n) is 16.6. The molecular weight excluding hydrogens is 392 g/mol. The second-order valence-electron chi connectivity index (χ2n) is 7.04. The quantitative estimate of drug-likeness (QED) is 0.579. The number of hydrogen-bond donors (Lipinski definition) is 2. The summed E-state index contributed by atoms with van der Waals surface area (Å²) < 4.78 is 37.7. The first kappa shape index (κ1) is 21.1. The molecule has 0 spiro atoms. The van der Waals surface area contributed by atoms with Crippen LogP contribution >= 0.6 is 0 Å². The average molecular weight is 419 g/mol. The molecule has 156 valence electrons. The first-order valence-corrected chi connectivity index (χ1v) is 10.9. The molecule has 0 atom stereocenters. The third-order valence-corrected chi connectivity index (χ3v) is 6.45. The summed E-state index contributed by atoms with van der Waals surface area (Å²) in [5, 5.41) is 2.96. The minimum Gasteiger partial charge on any atom is -0.497 e. The molecule has 2 N–H and O–H groups in total. The maximum absolute atomic E-state index is 12.6. The van der Waals surface area contributed by atoms with Gasteiger partial charge in [-0.15, -0.1) is 0 Å². The van der Waals surface area contributed by atoms with E-state index in [2.05, 4.69) is 10.0 Å². The van der Waals surface area contributed by atoms with Crippen molar-refractivity contribution in [3.63, 3.8) is 0 Å². The molecule has 7 nitrogen and oxygen atoms in total. The normalized spacial score (nSPS) is 14.8. The Balaban J connectivity index is 1.66. The molecule has 2 aromatic carbocycles. The number of ether oxygens (including phenoxy) is 2. The number of rotatable bonds is 10. The Morgan fingerprint density at radius 3 is 2.24 bits per heavy atom. The van der Waals surface area contributed by atoms with E-state index < -0.39 is 15.4 Å². The Hall–Kier alpha value is -2.58. The summed E-state index contributed by atoms with van der Waals surface area (Å²) in [5.41, 5.74) is 0.843. The Labute approximate surface area is 171 Å². The minimum atomic E-state index is -3.70. The highest BCUT2D eigenvalue weighted by Crippen LogP contribution is 2.48. The maximum atomic E-state index is 12.6. The third kappa shape index (κ3) is 4.89. The van der Waals surface area contributed by atoms with E-state index in [0.29, 0.717) is 24.6 Å². The second-order valence-corrected chi connectivity index (χ2v) is 8.73. The lowest BCUT2D eigenvalue weighted by molar-refractivity contribution is -0.123. The topological polar surface area (TPSA) is 93.7 Å². The smallest absolute Gasteiger partial charge is 0.261 e. The van der Waals surface area contributed by atoms with Gasteiger partial charge in [0.15, 0.2) is 0 Å². The van der Waals surface area contributed by atoms with Crippen LogP contribution in [0.5, 0.6) is 5.75 Å². The van der Waals surface area contributed by atoms with Crippen molar-refractivity contribution < 1.29 is 22.7 Å². The SMILES string of the molecule is COCCCNC(=O)C1(c2ccc(NS(=O)(=O)c3ccc(OC)cc3)cc2)CC1. The van der Waals surface area contributed by atoms with Crippen LogP contribution in [0.3, 0.4) is 0 Å². The average Bonchev–Trinajstić information content (AvgIpc) is 3.53. The van der Waals surface area contributed by atoms with Gasteiger partial charge >= 0.3 is 0 Å². The molecule has 0 heterocycles. The lowest BCUT2D eigenvalue weighted by Gasteiger charge is -2.16. The summed E-state index contributed by atoms with van der Waals surface area (Å²) in [7, 11) is -0.544. The molecule has 1 saturated carbocycles. The number of carbonyl (C=O) groups excluding carboxylic acids is 1. The molecular formula is C21H26N2O5S. The van der Waals surface area contributed by atoms with Crippen LogP contribution in [0.15, 0.2) is 53.4 Å². The Morgan fingerprint density at radius 1 is 1.03 bits per heavy atom. The third-order valence-electron chi connectivity index (χ3n) is 5.05. The predicted molar refractivity (Wildman–Crippen MR) is 111 cm³/mol. The van der Waals surface area contributed by atoms with Gasteiger partial charge in [0.2, 0.25) is 5.91 Å². The fraction of sp³-hybridized carbons (Fsp3) is 0.381. The highest BCUT2D eigenvalue weighted by Gasteiger charge is 2.50. The number of nitrogens with one attached hydrogen (secondary N) is 2. The fourth-order valence-corrected chi connectivity index (χ4v) is 4.24. The van der Waals surface area contributed by atoms with Crippen molar-refractivity contribution >= 4 is 21.6 Å². The molecule has 0 unspecified atom stereocenters. The van der Waals surface area contributed by atoms with Crippen LogP contribution < -0.4 is 14.8 Å². The highest BCUT2D eigenvalue weighted by molar-refractivity contribution is 7.92. The lowest BCUT2D eigenvalue weighted by Crippen LogP contribution is -2.35. The van der Waals surface area contributed by atoms with Gasteiger partial charge in [-0.25, -0.2) is 8.42 Å². The number of sulfonamides is 1. The largest absolute Gasteiger partial charge is 0.497 e. The van der Waals surface area contributed by atoms with Gasteiger partial charge in [-0.05, 0) is 61.2 Å². The number of anilines is 1. The van der Waals surface area contributed by atoms with Crippen LogP contribution in [-0.2, 0) is 25.0 Å². The molecule has 0 aromatic heterocycles. The van der Waals surface area contributed by atoms with E-state index in [-0.39, 0.29) is 10.8 Å². The monoisotopic (exact) mass is 418 g/mol. The molecule has 3 rings (SSSR count). The van der Waals surface area contributed by atoms with Crippen molar-refractivity contribution in [2.45, 2.75) is 29.6 Å². The Bertz CT molecular complexity index is 936. The Kier molecular flexibility index (Phi) is 6.44. The molecule has 1 aliphatic carbocycles. The van der Waals surface area contributed by atoms with Crippen LogP contribution in [0.4, 0.5) is 5.69 Å². The van der Waals surface area contributed by atoms with Crippen molar-refractivity contribution in [3.05, 3.63) is 54.1 Å². The van der Waals surface area contributed by atoms with Crippen molar-refractivity contribution in [1.82, 2.24) is 5.32 Å². The van der Waals surface area contributed by atoms with Gasteiger partial charge in [0, 0.05) is 25.9 Å². The summed E-state index contributed by atoms with van der Waals surface area (Å²) in [6, 6.07) is 13.2. The maximum Gasteiger partial charge on any atom is 0.261 e. The summed E-state index contributed by atoms with van der Waals surface area (Å²) in [4.78, 5) is 12.7. The molecule has 1 fully saturated rings. The molecule has 2 aromatic rings. The van der Waals surface area contributed by atoms with Gasteiger partial charge in [-0.3, -0.25) is 9.52 Å². The Morgan fingerprint density at radius 2 is 1.69 bits per heavy atom. The van der Waals surface area contributed by atoms with Gasteiger partial charge in [-0.2, -0.15) is 0 Å². The first-order chi connectivity index (χ1) is 13.9. The molecule has 0 aliphatic heterocycles. The number of methoxy groups -OCH3 is 2. The number of hydrogen-bond acceptors (Lipinski definition) is 5. The molecule has 0 saturated heterocycles. The standard InChI is InChI=1S/C21H26N2O5S/c1-27-15-3-14-22-20(24)21(12-13-21)16-4-6-17(7-5-16)23-29(25,26)19-10-8-18(28-2)9-11-19/h4-11,23H,3,12-15H2,1-2H3,(H,22,24). The molecule has 0 radical (unpaired) electrons. The molecule has 29 heavy (non-hydrogen) atoms. The summed E-state index contributed by atoms with van der Waals surface area (Å²) in [5.74, 6) is 0.601. The van der Waals surface area contributed by atoms with Crippen LogP contribution in [0.25, 0.3) is 0 Å².